The number of ether oxygens (including phenoxy) is 1. The number of nitrogens with zero attached hydrogens (tertiary/aromatic N) is 4. The minimum Gasteiger partial charge on any atom is -0.470 e. The van der Waals surface area contributed by atoms with E-state index in [1.54, 1.807) is 35.1 Å². The van der Waals surface area contributed by atoms with E-state index in [9.17, 15) is 4.79 Å². The van der Waals surface area contributed by atoms with Gasteiger partial charge >= 0.3 is 0 Å². The summed E-state index contributed by atoms with van der Waals surface area (Å²) in [5, 5.41) is 12.2. The van der Waals surface area contributed by atoms with Crippen molar-refractivity contribution in [3.05, 3.63) is 63.6 Å². The fraction of sp³-hybridized carbons (Fsp3) is 0.278. The molecule has 1 atom stereocenters. The van der Waals surface area contributed by atoms with Gasteiger partial charge in [0.2, 0.25) is 0 Å². The highest BCUT2D eigenvalue weighted by Gasteiger charge is 2.16. The Hall–Kier alpha value is -2.32. The van der Waals surface area contributed by atoms with Crippen molar-refractivity contribution >= 4 is 33.4 Å². The number of carbonyl (C=O) groups is 1. The molecule has 1 amide bonds. The second kappa shape index (κ2) is 8.58. The first-order chi connectivity index (χ1) is 13.0. The van der Waals surface area contributed by atoms with E-state index in [4.69, 9.17) is 16.3 Å². The molecule has 0 aliphatic rings. The van der Waals surface area contributed by atoms with Crippen LogP contribution in [0, 0.1) is 0 Å². The number of hydrogen-bond acceptors (Lipinski definition) is 4. The van der Waals surface area contributed by atoms with Gasteiger partial charge < -0.3 is 10.1 Å². The zero-order valence-electron chi connectivity index (χ0n) is 14.9. The monoisotopic (exact) mass is 451 g/mol. The first kappa shape index (κ1) is 19.4. The molecule has 0 spiro atoms. The van der Waals surface area contributed by atoms with E-state index in [1.165, 1.54) is 0 Å². The zero-order chi connectivity index (χ0) is 19.4. The van der Waals surface area contributed by atoms with Crippen LogP contribution >= 0.6 is 27.5 Å². The van der Waals surface area contributed by atoms with Crippen molar-refractivity contribution in [1.29, 1.82) is 0 Å². The fourth-order valence-corrected chi connectivity index (χ4v) is 3.21. The van der Waals surface area contributed by atoms with Gasteiger partial charge in [-0.1, -0.05) is 11.6 Å². The number of aromatic nitrogens is 4. The van der Waals surface area contributed by atoms with E-state index in [0.717, 1.165) is 16.7 Å². The summed E-state index contributed by atoms with van der Waals surface area (Å²) in [7, 11) is 0. The molecule has 0 bridgehead atoms. The van der Waals surface area contributed by atoms with Crippen LogP contribution in [0.5, 0.6) is 5.75 Å². The van der Waals surface area contributed by atoms with E-state index in [-0.39, 0.29) is 18.7 Å². The molecule has 2 aromatic heterocycles. The third-order valence-corrected chi connectivity index (χ3v) is 4.75. The van der Waals surface area contributed by atoms with Crippen molar-refractivity contribution in [2.45, 2.75) is 33.2 Å². The first-order valence-electron chi connectivity index (χ1n) is 8.41. The molecule has 0 saturated carbocycles. The van der Waals surface area contributed by atoms with Crippen LogP contribution in [0.4, 0.5) is 0 Å². The van der Waals surface area contributed by atoms with Crippen molar-refractivity contribution in [3.8, 4) is 5.75 Å². The highest BCUT2D eigenvalue weighted by molar-refractivity contribution is 9.10. The lowest BCUT2D eigenvalue weighted by Gasteiger charge is -2.10. The molecule has 0 saturated heterocycles. The normalized spacial score (nSPS) is 12.0. The predicted molar refractivity (Wildman–Crippen MR) is 106 cm³/mol. The number of aryl methyl sites for hydroxylation is 1. The highest BCUT2D eigenvalue weighted by atomic mass is 79.9. The summed E-state index contributed by atoms with van der Waals surface area (Å²) in [6, 6.07) is 8.58. The molecule has 27 heavy (non-hydrogen) atoms. The molecule has 142 valence electrons. The van der Waals surface area contributed by atoms with Crippen molar-refractivity contribution < 1.29 is 9.53 Å². The molecule has 1 unspecified atom stereocenters. The second-order valence-electron chi connectivity index (χ2n) is 5.88. The molecule has 0 aliphatic carbocycles. The number of hydrogen-bond donors (Lipinski definition) is 1. The molecule has 1 N–H and O–H groups in total. The van der Waals surface area contributed by atoms with Crippen molar-refractivity contribution in [2.24, 2.45) is 0 Å². The third-order valence-electron chi connectivity index (χ3n) is 3.90. The number of halogens is 2. The molecule has 7 nitrogen and oxygen atoms in total. The Morgan fingerprint density at radius 3 is 2.74 bits per heavy atom. The second-order valence-corrected chi connectivity index (χ2v) is 7.17. The van der Waals surface area contributed by atoms with Crippen LogP contribution in [0.15, 0.2) is 47.2 Å². The van der Waals surface area contributed by atoms with Gasteiger partial charge in [0.1, 0.15) is 11.4 Å². The highest BCUT2D eigenvalue weighted by Crippen LogP contribution is 2.28. The van der Waals surface area contributed by atoms with Gasteiger partial charge in [-0.3, -0.25) is 9.48 Å². The molecule has 1 aromatic carbocycles. The quantitative estimate of drug-likeness (QED) is 0.587. The van der Waals surface area contributed by atoms with Gasteiger partial charge in [0, 0.05) is 24.0 Å². The molecule has 9 heteroatoms. The largest absolute Gasteiger partial charge is 0.470 e. The maximum atomic E-state index is 12.4. The van der Waals surface area contributed by atoms with E-state index in [1.807, 2.05) is 30.8 Å². The summed E-state index contributed by atoms with van der Waals surface area (Å²) in [4.78, 5) is 12.4. The summed E-state index contributed by atoms with van der Waals surface area (Å²) in [5.74, 6) is 0.376. The van der Waals surface area contributed by atoms with Crippen LogP contribution in [0.2, 0.25) is 5.02 Å². The minimum absolute atomic E-state index is 0.171. The Morgan fingerprint density at radius 2 is 2.04 bits per heavy atom. The topological polar surface area (TPSA) is 74.0 Å². The van der Waals surface area contributed by atoms with Crippen LogP contribution in [-0.4, -0.2) is 25.5 Å². The van der Waals surface area contributed by atoms with Crippen LogP contribution < -0.4 is 10.1 Å². The summed E-state index contributed by atoms with van der Waals surface area (Å²) in [6.45, 7) is 4.86. The number of benzene rings is 1. The zero-order valence-corrected chi connectivity index (χ0v) is 17.2. The van der Waals surface area contributed by atoms with Crippen molar-refractivity contribution in [3.63, 3.8) is 0 Å². The molecule has 0 aliphatic heterocycles. The maximum absolute atomic E-state index is 12.4. The average molecular weight is 453 g/mol. The third kappa shape index (κ3) is 4.90. The average Bonchev–Trinajstić information content (AvgIpc) is 3.30. The van der Waals surface area contributed by atoms with Gasteiger partial charge in [-0.25, -0.2) is 4.68 Å². The number of rotatable bonds is 7. The Bertz CT molecular complexity index is 939. The van der Waals surface area contributed by atoms with E-state index >= 15 is 0 Å². The molecule has 3 rings (SSSR count). The van der Waals surface area contributed by atoms with E-state index in [0.29, 0.717) is 16.5 Å². The Balaban J connectivity index is 1.58. The molecular weight excluding hydrogens is 434 g/mol. The standard InChI is InChI=1S/C18H19BrClN5O2/c1-3-24-8-6-15(22-24)12(2)21-18(26)16-7-9-25(23-16)11-27-17-5-4-13(20)10-14(17)19/h4-10,12H,3,11H2,1-2H3,(H,21,26). The van der Waals surface area contributed by atoms with Crippen LogP contribution in [0.3, 0.4) is 0 Å². The Labute approximate surface area is 170 Å². The van der Waals surface area contributed by atoms with Crippen molar-refractivity contribution in [2.75, 3.05) is 0 Å². The lowest BCUT2D eigenvalue weighted by atomic mass is 10.2. The fourth-order valence-electron chi connectivity index (χ4n) is 2.41. The van der Waals surface area contributed by atoms with Gasteiger partial charge in [0.25, 0.3) is 5.91 Å². The number of carbonyl (C=O) groups excluding carboxylic acids is 1. The van der Waals surface area contributed by atoms with Crippen molar-refractivity contribution in [1.82, 2.24) is 24.9 Å². The van der Waals surface area contributed by atoms with E-state index in [2.05, 4.69) is 31.4 Å². The maximum Gasteiger partial charge on any atom is 0.272 e. The van der Waals surface area contributed by atoms with Gasteiger partial charge in [-0.15, -0.1) is 0 Å². The van der Waals surface area contributed by atoms with Crippen LogP contribution in [0.1, 0.15) is 36.1 Å². The van der Waals surface area contributed by atoms with Gasteiger partial charge in [0.15, 0.2) is 6.73 Å². The minimum atomic E-state index is -0.264. The summed E-state index contributed by atoms with van der Waals surface area (Å²) < 4.78 is 9.80. The van der Waals surface area contributed by atoms with Crippen LogP contribution in [0.25, 0.3) is 0 Å². The molecule has 0 fully saturated rings. The first-order valence-corrected chi connectivity index (χ1v) is 9.59. The summed E-state index contributed by atoms with van der Waals surface area (Å²) in [6.07, 6.45) is 3.58. The summed E-state index contributed by atoms with van der Waals surface area (Å²) >= 11 is 9.31. The lowest BCUT2D eigenvalue weighted by molar-refractivity contribution is 0.0932. The smallest absolute Gasteiger partial charge is 0.272 e. The number of amides is 1. The predicted octanol–water partition coefficient (Wildman–Crippen LogP) is 4.04. The molecule has 3 aromatic rings. The van der Waals surface area contributed by atoms with Crippen LogP contribution in [-0.2, 0) is 13.3 Å². The summed E-state index contributed by atoms with van der Waals surface area (Å²) in [5.41, 5.74) is 1.12. The van der Waals surface area contributed by atoms with Gasteiger partial charge in [0.05, 0.1) is 16.2 Å². The number of nitrogens with one attached hydrogen (secondary N) is 1. The SMILES string of the molecule is CCn1ccc(C(C)NC(=O)c2ccn(COc3ccc(Cl)cc3Br)n2)n1. The van der Waals surface area contributed by atoms with E-state index < -0.39 is 0 Å². The molecule has 2 heterocycles. The Kier molecular flexibility index (Phi) is 6.18. The Morgan fingerprint density at radius 1 is 1.26 bits per heavy atom. The molecular formula is C18H19BrClN5O2. The molecule has 0 radical (unpaired) electrons. The lowest BCUT2D eigenvalue weighted by Crippen LogP contribution is -2.27. The van der Waals surface area contributed by atoms with Gasteiger partial charge in [-0.05, 0) is 60.1 Å². The van der Waals surface area contributed by atoms with Gasteiger partial charge in [-0.2, -0.15) is 10.2 Å².